The lowest BCUT2D eigenvalue weighted by molar-refractivity contribution is 0.0696. The molecule has 0 radical (unpaired) electrons. The van der Waals surface area contributed by atoms with Crippen molar-refractivity contribution in [2.75, 3.05) is 12.4 Å². The summed E-state index contributed by atoms with van der Waals surface area (Å²) in [5, 5.41) is 23.3. The molecule has 1 rings (SSSR count). The van der Waals surface area contributed by atoms with Gasteiger partial charge in [-0.15, -0.1) is 0 Å². The summed E-state index contributed by atoms with van der Waals surface area (Å²) in [6, 6.07) is 3.69. The molecule has 0 heterocycles. The molecule has 0 aliphatic carbocycles. The first-order valence-corrected chi connectivity index (χ1v) is 4.95. The van der Waals surface area contributed by atoms with Crippen molar-refractivity contribution in [2.45, 2.75) is 0 Å². The maximum Gasteiger partial charge on any atom is 0.335 e. The van der Waals surface area contributed by atoms with Gasteiger partial charge in [0, 0.05) is 12.7 Å². The Labute approximate surface area is 102 Å². The van der Waals surface area contributed by atoms with Crippen LogP contribution >= 0.6 is 12.2 Å². The average Bonchev–Trinajstić information content (AvgIpc) is 2.28. The first-order valence-electron chi connectivity index (χ1n) is 4.54. The van der Waals surface area contributed by atoms with Crippen LogP contribution in [-0.2, 0) is 0 Å². The fourth-order valence-electron chi connectivity index (χ4n) is 1.14. The van der Waals surface area contributed by atoms with Crippen LogP contribution in [0.4, 0.5) is 5.69 Å². The highest BCUT2D eigenvalue weighted by Crippen LogP contribution is 2.15. The predicted molar refractivity (Wildman–Crippen MR) is 65.6 cm³/mol. The van der Waals surface area contributed by atoms with Gasteiger partial charge in [-0.25, -0.2) is 9.59 Å². The van der Waals surface area contributed by atoms with Crippen molar-refractivity contribution in [1.29, 1.82) is 0 Å². The second kappa shape index (κ2) is 5.26. The molecule has 0 spiro atoms. The van der Waals surface area contributed by atoms with Crippen LogP contribution in [0.3, 0.4) is 0 Å². The van der Waals surface area contributed by atoms with Gasteiger partial charge in [-0.3, -0.25) is 0 Å². The van der Waals surface area contributed by atoms with E-state index in [0.717, 1.165) is 6.07 Å². The average molecular weight is 254 g/mol. The molecule has 0 bridgehead atoms. The highest BCUT2D eigenvalue weighted by molar-refractivity contribution is 7.80. The SMILES string of the molecule is CNC(=S)Nc1cc(C(=O)O)cc(C(=O)O)c1. The van der Waals surface area contributed by atoms with Crippen LogP contribution in [0.5, 0.6) is 0 Å². The van der Waals surface area contributed by atoms with Crippen molar-refractivity contribution >= 4 is 35.0 Å². The fraction of sp³-hybridized carbons (Fsp3) is 0.100. The summed E-state index contributed by atoms with van der Waals surface area (Å²) in [4.78, 5) is 21.6. The van der Waals surface area contributed by atoms with E-state index in [2.05, 4.69) is 10.6 Å². The lowest BCUT2D eigenvalue weighted by Gasteiger charge is -2.09. The van der Waals surface area contributed by atoms with E-state index in [1.54, 1.807) is 7.05 Å². The number of anilines is 1. The Bertz CT molecular complexity index is 455. The summed E-state index contributed by atoms with van der Waals surface area (Å²) >= 11 is 4.84. The van der Waals surface area contributed by atoms with Gasteiger partial charge < -0.3 is 20.8 Å². The third-order valence-electron chi connectivity index (χ3n) is 1.91. The molecule has 1 aromatic carbocycles. The summed E-state index contributed by atoms with van der Waals surface area (Å²) in [6.07, 6.45) is 0. The Hall–Kier alpha value is -2.15. The van der Waals surface area contributed by atoms with Crippen molar-refractivity contribution in [1.82, 2.24) is 5.32 Å². The molecule has 0 aliphatic heterocycles. The van der Waals surface area contributed by atoms with Gasteiger partial charge in [-0.1, -0.05) is 0 Å². The maximum absolute atomic E-state index is 10.8. The predicted octanol–water partition coefficient (Wildman–Crippen LogP) is 0.999. The molecule has 0 atom stereocenters. The zero-order valence-corrected chi connectivity index (χ0v) is 9.67. The highest BCUT2D eigenvalue weighted by atomic mass is 32.1. The normalized spacial score (nSPS) is 9.47. The van der Waals surface area contributed by atoms with Gasteiger partial charge in [0.05, 0.1) is 11.1 Å². The standard InChI is InChI=1S/C10H10N2O4S/c1-11-10(17)12-7-3-5(8(13)14)2-6(4-7)9(15)16/h2-4H,1H3,(H,13,14)(H,15,16)(H2,11,12,17). The molecular formula is C10H10N2O4S. The second-order valence-electron chi connectivity index (χ2n) is 3.11. The minimum atomic E-state index is -1.20. The number of nitrogens with one attached hydrogen (secondary N) is 2. The molecule has 17 heavy (non-hydrogen) atoms. The van der Waals surface area contributed by atoms with Gasteiger partial charge in [0.25, 0.3) is 0 Å². The number of carboxylic acid groups (broad SMARTS) is 2. The van der Waals surface area contributed by atoms with Crippen molar-refractivity contribution in [3.8, 4) is 0 Å². The Kier molecular flexibility index (Phi) is 4.00. The van der Waals surface area contributed by atoms with Gasteiger partial charge in [0.15, 0.2) is 5.11 Å². The van der Waals surface area contributed by atoms with Crippen molar-refractivity contribution in [3.05, 3.63) is 29.3 Å². The van der Waals surface area contributed by atoms with Crippen molar-refractivity contribution in [2.24, 2.45) is 0 Å². The third-order valence-corrected chi connectivity index (χ3v) is 2.22. The Morgan fingerprint density at radius 3 is 1.94 bits per heavy atom. The maximum atomic E-state index is 10.8. The van der Waals surface area contributed by atoms with Crippen LogP contribution in [0.2, 0.25) is 0 Å². The number of aromatic carboxylic acids is 2. The van der Waals surface area contributed by atoms with E-state index in [-0.39, 0.29) is 16.2 Å². The summed E-state index contributed by atoms with van der Waals surface area (Å²) < 4.78 is 0. The molecule has 0 saturated heterocycles. The smallest absolute Gasteiger partial charge is 0.335 e. The van der Waals surface area contributed by atoms with Crippen LogP contribution < -0.4 is 10.6 Å². The first kappa shape index (κ1) is 12.9. The largest absolute Gasteiger partial charge is 0.478 e. The van der Waals surface area contributed by atoms with Crippen molar-refractivity contribution in [3.63, 3.8) is 0 Å². The van der Waals surface area contributed by atoms with E-state index in [4.69, 9.17) is 22.4 Å². The number of hydrogen-bond donors (Lipinski definition) is 4. The van der Waals surface area contributed by atoms with Crippen LogP contribution in [0.1, 0.15) is 20.7 Å². The van der Waals surface area contributed by atoms with E-state index in [1.807, 2.05) is 0 Å². The molecule has 0 aliphatic rings. The quantitative estimate of drug-likeness (QED) is 0.597. The van der Waals surface area contributed by atoms with Gasteiger partial charge in [-0.2, -0.15) is 0 Å². The molecule has 0 aromatic heterocycles. The number of carbonyl (C=O) groups is 2. The number of rotatable bonds is 3. The zero-order valence-electron chi connectivity index (χ0n) is 8.85. The van der Waals surface area contributed by atoms with Gasteiger partial charge in [0.2, 0.25) is 0 Å². The van der Waals surface area contributed by atoms with Gasteiger partial charge in [0.1, 0.15) is 0 Å². The lowest BCUT2D eigenvalue weighted by Crippen LogP contribution is -2.24. The molecule has 1 aromatic rings. The van der Waals surface area contributed by atoms with E-state index >= 15 is 0 Å². The minimum Gasteiger partial charge on any atom is -0.478 e. The molecule has 6 nitrogen and oxygen atoms in total. The molecule has 0 amide bonds. The number of thiocarbonyl (C=S) groups is 1. The molecule has 7 heteroatoms. The molecule has 0 saturated carbocycles. The van der Waals surface area contributed by atoms with Crippen molar-refractivity contribution < 1.29 is 19.8 Å². The molecular weight excluding hydrogens is 244 g/mol. The second-order valence-corrected chi connectivity index (χ2v) is 3.52. The lowest BCUT2D eigenvalue weighted by atomic mass is 10.1. The number of carboxylic acids is 2. The highest BCUT2D eigenvalue weighted by Gasteiger charge is 2.11. The Balaban J connectivity index is 3.16. The van der Waals surface area contributed by atoms with Crippen LogP contribution in [0.25, 0.3) is 0 Å². The fourth-order valence-corrected chi connectivity index (χ4v) is 1.26. The molecule has 90 valence electrons. The minimum absolute atomic E-state index is 0.119. The van der Waals surface area contributed by atoms with E-state index in [9.17, 15) is 9.59 Å². The summed E-state index contributed by atoms with van der Waals surface area (Å²) in [6.45, 7) is 0. The summed E-state index contributed by atoms with van der Waals surface area (Å²) in [5.41, 5.74) is 0.0688. The summed E-state index contributed by atoms with van der Waals surface area (Å²) in [5.74, 6) is -2.40. The Morgan fingerprint density at radius 2 is 1.59 bits per heavy atom. The van der Waals surface area contributed by atoms with Crippen LogP contribution in [0, 0.1) is 0 Å². The number of hydrogen-bond acceptors (Lipinski definition) is 3. The summed E-state index contributed by atoms with van der Waals surface area (Å²) in [7, 11) is 1.59. The van der Waals surface area contributed by atoms with E-state index < -0.39 is 11.9 Å². The van der Waals surface area contributed by atoms with Gasteiger partial charge in [-0.05, 0) is 30.4 Å². The van der Waals surface area contributed by atoms with Gasteiger partial charge >= 0.3 is 11.9 Å². The van der Waals surface area contributed by atoms with Crippen LogP contribution in [-0.4, -0.2) is 34.3 Å². The Morgan fingerprint density at radius 1 is 1.12 bits per heavy atom. The third kappa shape index (κ3) is 3.42. The molecule has 0 fully saturated rings. The number of benzene rings is 1. The van der Waals surface area contributed by atoms with Crippen LogP contribution in [0.15, 0.2) is 18.2 Å². The monoisotopic (exact) mass is 254 g/mol. The molecule has 4 N–H and O–H groups in total. The topological polar surface area (TPSA) is 98.7 Å². The molecule has 0 unspecified atom stereocenters. The zero-order chi connectivity index (χ0) is 13.0. The first-order chi connectivity index (χ1) is 7.93. The van der Waals surface area contributed by atoms with E-state index in [1.165, 1.54) is 12.1 Å². The van der Waals surface area contributed by atoms with E-state index in [0.29, 0.717) is 5.69 Å².